The van der Waals surface area contributed by atoms with Crippen molar-refractivity contribution in [1.29, 1.82) is 0 Å². The van der Waals surface area contributed by atoms with Gasteiger partial charge in [-0.2, -0.15) is 0 Å². The number of fused-ring (bicyclic) bond motifs is 1. The summed E-state index contributed by atoms with van der Waals surface area (Å²) in [5.74, 6) is 1.52. The van der Waals surface area contributed by atoms with Crippen LogP contribution in [0.25, 0.3) is 0 Å². The van der Waals surface area contributed by atoms with Gasteiger partial charge in [-0.15, -0.1) is 0 Å². The molecule has 1 heterocycles. The van der Waals surface area contributed by atoms with Gasteiger partial charge in [-0.25, -0.2) is 0 Å². The predicted molar refractivity (Wildman–Crippen MR) is 62.2 cm³/mol. The van der Waals surface area contributed by atoms with Crippen LogP contribution < -0.4 is 14.8 Å². The average Bonchev–Trinajstić information content (AvgIpc) is 2.76. The lowest BCUT2D eigenvalue weighted by Gasteiger charge is -2.10. The van der Waals surface area contributed by atoms with Crippen LogP contribution in [0.5, 0.6) is 11.5 Å². The van der Waals surface area contributed by atoms with Gasteiger partial charge < -0.3 is 24.6 Å². The van der Waals surface area contributed by atoms with Crippen LogP contribution in [0, 0.1) is 0 Å². The summed E-state index contributed by atoms with van der Waals surface area (Å²) in [4.78, 5) is 0. The summed E-state index contributed by atoms with van der Waals surface area (Å²) in [6.45, 7) is 1.58. The Hall–Kier alpha value is -1.30. The highest BCUT2D eigenvalue weighted by molar-refractivity contribution is 5.44. The molecule has 0 spiro atoms. The summed E-state index contributed by atoms with van der Waals surface area (Å²) >= 11 is 0. The molecule has 1 atom stereocenters. The van der Waals surface area contributed by atoms with Gasteiger partial charge in [0, 0.05) is 6.54 Å². The Morgan fingerprint density at radius 3 is 3.06 bits per heavy atom. The van der Waals surface area contributed by atoms with Gasteiger partial charge >= 0.3 is 0 Å². The first-order chi connectivity index (χ1) is 8.29. The highest BCUT2D eigenvalue weighted by Crippen LogP contribution is 2.32. The fraction of sp³-hybridized carbons (Fsp3) is 0.500. The summed E-state index contributed by atoms with van der Waals surface area (Å²) in [5, 5.41) is 12.3. The first kappa shape index (κ1) is 12.2. The second kappa shape index (κ2) is 5.86. The first-order valence-electron chi connectivity index (χ1n) is 5.58. The Kier molecular flexibility index (Phi) is 4.19. The van der Waals surface area contributed by atoms with Crippen molar-refractivity contribution < 1.29 is 19.3 Å². The molecule has 0 radical (unpaired) electrons. The van der Waals surface area contributed by atoms with Gasteiger partial charge in [0.05, 0.1) is 19.3 Å². The molecule has 17 heavy (non-hydrogen) atoms. The van der Waals surface area contributed by atoms with Crippen LogP contribution in [0.15, 0.2) is 18.2 Å². The van der Waals surface area contributed by atoms with E-state index in [-0.39, 0.29) is 6.79 Å². The van der Waals surface area contributed by atoms with E-state index in [4.69, 9.17) is 14.2 Å². The zero-order valence-electron chi connectivity index (χ0n) is 9.81. The molecule has 0 unspecified atom stereocenters. The lowest BCUT2D eigenvalue weighted by atomic mass is 10.2. The van der Waals surface area contributed by atoms with E-state index < -0.39 is 6.10 Å². The van der Waals surface area contributed by atoms with Crippen molar-refractivity contribution in [3.8, 4) is 11.5 Å². The fourth-order valence-corrected chi connectivity index (χ4v) is 1.64. The van der Waals surface area contributed by atoms with E-state index in [9.17, 15) is 5.11 Å². The normalized spacial score (nSPS) is 14.9. The minimum Gasteiger partial charge on any atom is -0.454 e. The third-order valence-electron chi connectivity index (χ3n) is 2.46. The van der Waals surface area contributed by atoms with Gasteiger partial charge in [0.15, 0.2) is 11.5 Å². The number of nitrogens with one attached hydrogen (secondary N) is 1. The molecule has 0 saturated heterocycles. The predicted octanol–water partition coefficient (Wildman–Crippen LogP) is 0.512. The second-order valence-corrected chi connectivity index (χ2v) is 3.91. The Morgan fingerprint density at radius 1 is 1.41 bits per heavy atom. The number of hydrogen-bond acceptors (Lipinski definition) is 5. The molecule has 1 aromatic rings. The summed E-state index contributed by atoms with van der Waals surface area (Å²) in [6, 6.07) is 5.69. The topological polar surface area (TPSA) is 60.0 Å². The number of ether oxygens (including phenoxy) is 3. The zero-order valence-corrected chi connectivity index (χ0v) is 9.81. The molecule has 94 valence electrons. The summed E-state index contributed by atoms with van der Waals surface area (Å²) in [5.41, 5.74) is 1.01. The van der Waals surface area contributed by atoms with E-state index in [1.54, 1.807) is 7.05 Å². The van der Waals surface area contributed by atoms with E-state index in [0.717, 1.165) is 17.1 Å². The molecule has 2 N–H and O–H groups in total. The number of rotatable bonds is 6. The Balaban J connectivity index is 1.79. The number of hydrogen-bond donors (Lipinski definition) is 2. The minimum atomic E-state index is -0.478. The molecular weight excluding hydrogens is 222 g/mol. The SMILES string of the molecule is CNC[C@@H](O)COCc1ccc2c(c1)OCO2. The molecule has 5 nitrogen and oxygen atoms in total. The van der Waals surface area contributed by atoms with Crippen molar-refractivity contribution >= 4 is 0 Å². The van der Waals surface area contributed by atoms with Crippen LogP contribution in [-0.4, -0.2) is 38.2 Å². The lowest BCUT2D eigenvalue weighted by molar-refractivity contribution is 0.0297. The zero-order chi connectivity index (χ0) is 12.1. The largest absolute Gasteiger partial charge is 0.454 e. The van der Waals surface area contributed by atoms with Gasteiger partial charge in [0.25, 0.3) is 0 Å². The van der Waals surface area contributed by atoms with Crippen molar-refractivity contribution in [2.24, 2.45) is 0 Å². The van der Waals surface area contributed by atoms with Crippen LogP contribution in [0.1, 0.15) is 5.56 Å². The molecule has 1 aliphatic rings. The molecular formula is C12H17NO4. The highest BCUT2D eigenvalue weighted by atomic mass is 16.7. The Bertz CT molecular complexity index is 370. The van der Waals surface area contributed by atoms with Crippen molar-refractivity contribution in [3.05, 3.63) is 23.8 Å². The molecule has 0 amide bonds. The summed E-state index contributed by atoms with van der Waals surface area (Å²) in [7, 11) is 1.79. The fourth-order valence-electron chi connectivity index (χ4n) is 1.64. The van der Waals surface area contributed by atoms with Crippen molar-refractivity contribution in [3.63, 3.8) is 0 Å². The molecule has 0 aliphatic carbocycles. The Labute approximate surface area is 100 Å². The molecule has 0 fully saturated rings. The average molecular weight is 239 g/mol. The van der Waals surface area contributed by atoms with E-state index in [2.05, 4.69) is 5.32 Å². The number of likely N-dealkylation sites (N-methyl/N-ethyl adjacent to an activating group) is 1. The van der Waals surface area contributed by atoms with Gasteiger partial charge in [-0.1, -0.05) is 6.07 Å². The number of aliphatic hydroxyl groups is 1. The molecule has 5 heteroatoms. The first-order valence-corrected chi connectivity index (χ1v) is 5.58. The van der Waals surface area contributed by atoms with Crippen LogP contribution in [0.4, 0.5) is 0 Å². The maximum Gasteiger partial charge on any atom is 0.231 e. The molecule has 0 aromatic heterocycles. The van der Waals surface area contributed by atoms with Crippen LogP contribution >= 0.6 is 0 Å². The Morgan fingerprint density at radius 2 is 2.24 bits per heavy atom. The molecule has 1 aliphatic heterocycles. The number of aliphatic hydroxyl groups excluding tert-OH is 1. The molecule has 2 rings (SSSR count). The summed E-state index contributed by atoms with van der Waals surface area (Å²) < 4.78 is 15.9. The van der Waals surface area contributed by atoms with Gasteiger partial charge in [-0.05, 0) is 24.7 Å². The lowest BCUT2D eigenvalue weighted by Crippen LogP contribution is -2.27. The van der Waals surface area contributed by atoms with Crippen molar-refractivity contribution in [2.45, 2.75) is 12.7 Å². The quantitative estimate of drug-likeness (QED) is 0.757. The maximum atomic E-state index is 9.45. The van der Waals surface area contributed by atoms with Gasteiger partial charge in [0.1, 0.15) is 0 Å². The minimum absolute atomic E-state index is 0.278. The standard InChI is InChI=1S/C12H17NO4/c1-13-5-10(14)7-15-6-9-2-3-11-12(4-9)17-8-16-11/h2-4,10,13-14H,5-8H2,1H3/t10-/m1/s1. The van der Waals surface area contributed by atoms with Crippen LogP contribution in [-0.2, 0) is 11.3 Å². The maximum absolute atomic E-state index is 9.45. The third kappa shape index (κ3) is 3.33. The molecule has 1 aromatic carbocycles. The number of benzene rings is 1. The molecule has 0 saturated carbocycles. The van der Waals surface area contributed by atoms with Crippen molar-refractivity contribution in [1.82, 2.24) is 5.32 Å². The monoisotopic (exact) mass is 239 g/mol. The van der Waals surface area contributed by atoms with E-state index in [0.29, 0.717) is 19.8 Å². The van der Waals surface area contributed by atoms with Crippen molar-refractivity contribution in [2.75, 3.05) is 27.0 Å². The van der Waals surface area contributed by atoms with Crippen LogP contribution in [0.3, 0.4) is 0 Å². The van der Waals surface area contributed by atoms with E-state index >= 15 is 0 Å². The third-order valence-corrected chi connectivity index (χ3v) is 2.46. The van der Waals surface area contributed by atoms with Gasteiger partial charge in [-0.3, -0.25) is 0 Å². The van der Waals surface area contributed by atoms with Gasteiger partial charge in [0.2, 0.25) is 6.79 Å². The van der Waals surface area contributed by atoms with Crippen LogP contribution in [0.2, 0.25) is 0 Å². The second-order valence-electron chi connectivity index (χ2n) is 3.91. The van der Waals surface area contributed by atoms with E-state index in [1.165, 1.54) is 0 Å². The summed E-state index contributed by atoms with van der Waals surface area (Å²) in [6.07, 6.45) is -0.478. The highest BCUT2D eigenvalue weighted by Gasteiger charge is 2.13. The smallest absolute Gasteiger partial charge is 0.231 e. The van der Waals surface area contributed by atoms with E-state index in [1.807, 2.05) is 18.2 Å². The molecule has 0 bridgehead atoms.